The molecule has 7 nitrogen and oxygen atoms in total. The zero-order valence-corrected chi connectivity index (χ0v) is 25.9. The second-order valence-corrected chi connectivity index (χ2v) is 11.2. The van der Waals surface area contributed by atoms with Gasteiger partial charge < -0.3 is 20.7 Å². The van der Waals surface area contributed by atoms with Crippen molar-refractivity contribution in [1.29, 1.82) is 0 Å². The molecule has 0 radical (unpaired) electrons. The molecule has 0 saturated heterocycles. The van der Waals surface area contributed by atoms with Crippen LogP contribution in [0.2, 0.25) is 0 Å². The van der Waals surface area contributed by atoms with Gasteiger partial charge in [0.25, 0.3) is 0 Å². The van der Waals surface area contributed by atoms with E-state index < -0.39 is 0 Å². The van der Waals surface area contributed by atoms with Gasteiger partial charge in [-0.25, -0.2) is 0 Å². The van der Waals surface area contributed by atoms with Crippen LogP contribution in [0.25, 0.3) is 0 Å². The number of rotatable bonds is 29. The van der Waals surface area contributed by atoms with Crippen LogP contribution in [0.3, 0.4) is 0 Å². The minimum absolute atomic E-state index is 0.0169. The van der Waals surface area contributed by atoms with E-state index in [1.165, 1.54) is 77.6 Å². The largest absolute Gasteiger partial charge is 0.385 e. The van der Waals surface area contributed by atoms with Gasteiger partial charge in [0.1, 0.15) is 0 Å². The summed E-state index contributed by atoms with van der Waals surface area (Å²) in [7, 11) is 1.71. The highest BCUT2D eigenvalue weighted by molar-refractivity contribution is 5.78. The van der Waals surface area contributed by atoms with Gasteiger partial charge in [-0.15, -0.1) is 0 Å². The maximum absolute atomic E-state index is 12.3. The van der Waals surface area contributed by atoms with E-state index in [1.807, 2.05) is 0 Å². The molecule has 3 N–H and O–H groups in total. The predicted octanol–water partition coefficient (Wildman–Crippen LogP) is 6.97. The van der Waals surface area contributed by atoms with Crippen molar-refractivity contribution in [2.24, 2.45) is 0 Å². The second-order valence-electron chi connectivity index (χ2n) is 11.2. The fraction of sp³-hybridized carbons (Fsp3) is 0.906. The summed E-state index contributed by atoms with van der Waals surface area (Å²) < 4.78 is 5.04. The van der Waals surface area contributed by atoms with Crippen LogP contribution in [0, 0.1) is 0 Å². The number of carbonyl (C=O) groups excluding carboxylic acids is 3. The number of unbranched alkanes of at least 4 members (excludes halogenated alkanes) is 16. The van der Waals surface area contributed by atoms with Gasteiger partial charge in [-0.3, -0.25) is 14.4 Å². The van der Waals surface area contributed by atoms with Crippen LogP contribution < -0.4 is 16.0 Å². The molecule has 0 saturated carbocycles. The van der Waals surface area contributed by atoms with Gasteiger partial charge in [-0.05, 0) is 38.5 Å². The standard InChI is InChI=1S/C32H63N3O4/c1-4-5-6-7-8-9-10-11-12-13-14-15-18-24-31(37)33-26-21-19-23-30(35-29(2)36)28-32(38)34-25-20-16-17-22-27-39-3/h30H,4-28H2,1-3H3,(H,33,37)(H,34,38)(H,35,36). The first-order valence-corrected chi connectivity index (χ1v) is 16.3. The van der Waals surface area contributed by atoms with Gasteiger partial charge in [0.05, 0.1) is 0 Å². The van der Waals surface area contributed by atoms with Crippen LogP contribution in [0.4, 0.5) is 0 Å². The lowest BCUT2D eigenvalue weighted by Crippen LogP contribution is -2.38. The average Bonchev–Trinajstić information content (AvgIpc) is 2.90. The molecule has 0 aliphatic heterocycles. The van der Waals surface area contributed by atoms with Gasteiger partial charge in [0.15, 0.2) is 0 Å². The molecule has 0 heterocycles. The zero-order chi connectivity index (χ0) is 28.8. The van der Waals surface area contributed by atoms with Gasteiger partial charge in [0.2, 0.25) is 17.7 Å². The van der Waals surface area contributed by atoms with Crippen LogP contribution in [-0.4, -0.2) is 50.6 Å². The highest BCUT2D eigenvalue weighted by Gasteiger charge is 2.14. The van der Waals surface area contributed by atoms with E-state index in [2.05, 4.69) is 22.9 Å². The summed E-state index contributed by atoms with van der Waals surface area (Å²) in [6.45, 7) is 5.86. The Morgan fingerprint density at radius 1 is 0.615 bits per heavy atom. The van der Waals surface area contributed by atoms with Crippen molar-refractivity contribution in [3.8, 4) is 0 Å². The normalized spacial score (nSPS) is 11.8. The lowest BCUT2D eigenvalue weighted by Gasteiger charge is -2.17. The minimum atomic E-state index is -0.161. The summed E-state index contributed by atoms with van der Waals surface area (Å²) in [6, 6.07) is -0.161. The van der Waals surface area contributed by atoms with E-state index in [0.717, 1.165) is 64.4 Å². The van der Waals surface area contributed by atoms with E-state index >= 15 is 0 Å². The van der Waals surface area contributed by atoms with Crippen LogP contribution in [0.15, 0.2) is 0 Å². The maximum Gasteiger partial charge on any atom is 0.222 e. The fourth-order valence-electron chi connectivity index (χ4n) is 4.90. The predicted molar refractivity (Wildman–Crippen MR) is 163 cm³/mol. The van der Waals surface area contributed by atoms with E-state index in [-0.39, 0.29) is 23.8 Å². The van der Waals surface area contributed by atoms with Gasteiger partial charge in [-0.1, -0.05) is 96.8 Å². The second kappa shape index (κ2) is 29.4. The molecule has 0 aromatic heterocycles. The topological polar surface area (TPSA) is 96.5 Å². The van der Waals surface area contributed by atoms with E-state index in [0.29, 0.717) is 25.9 Å². The summed E-state index contributed by atoms with van der Waals surface area (Å²) >= 11 is 0. The molecular weight excluding hydrogens is 490 g/mol. The van der Waals surface area contributed by atoms with Gasteiger partial charge in [0, 0.05) is 52.6 Å². The summed E-state index contributed by atoms with van der Waals surface area (Å²) in [5, 5.41) is 8.89. The van der Waals surface area contributed by atoms with Crippen LogP contribution >= 0.6 is 0 Å². The maximum atomic E-state index is 12.3. The number of nitrogens with one attached hydrogen (secondary N) is 3. The third kappa shape index (κ3) is 29.2. The van der Waals surface area contributed by atoms with Crippen molar-refractivity contribution in [2.75, 3.05) is 26.8 Å². The van der Waals surface area contributed by atoms with Crippen LogP contribution in [-0.2, 0) is 19.1 Å². The average molecular weight is 554 g/mol. The molecule has 0 aliphatic carbocycles. The van der Waals surface area contributed by atoms with E-state index in [1.54, 1.807) is 7.11 Å². The van der Waals surface area contributed by atoms with Crippen molar-refractivity contribution in [3.05, 3.63) is 0 Å². The molecule has 0 rings (SSSR count). The summed E-state index contributed by atoms with van der Waals surface area (Å²) in [6.07, 6.45) is 24.5. The zero-order valence-electron chi connectivity index (χ0n) is 25.9. The van der Waals surface area contributed by atoms with Crippen molar-refractivity contribution >= 4 is 17.7 Å². The molecule has 7 heteroatoms. The third-order valence-corrected chi connectivity index (χ3v) is 7.25. The Morgan fingerprint density at radius 3 is 1.67 bits per heavy atom. The SMILES string of the molecule is CCCCCCCCCCCCCCCC(=O)NCCCCC(CC(=O)NCCCCCCOC)NC(C)=O. The molecule has 230 valence electrons. The molecule has 39 heavy (non-hydrogen) atoms. The molecule has 0 fully saturated rings. The smallest absolute Gasteiger partial charge is 0.222 e. The van der Waals surface area contributed by atoms with Crippen LogP contribution in [0.1, 0.15) is 155 Å². The highest BCUT2D eigenvalue weighted by atomic mass is 16.5. The van der Waals surface area contributed by atoms with Crippen LogP contribution in [0.5, 0.6) is 0 Å². The quantitative estimate of drug-likeness (QED) is 0.0871. The third-order valence-electron chi connectivity index (χ3n) is 7.25. The monoisotopic (exact) mass is 553 g/mol. The van der Waals surface area contributed by atoms with Crippen molar-refractivity contribution < 1.29 is 19.1 Å². The summed E-state index contributed by atoms with van der Waals surface area (Å²) in [5.74, 6) is 0.00637. The molecule has 0 aromatic carbocycles. The van der Waals surface area contributed by atoms with E-state index in [4.69, 9.17) is 4.74 Å². The molecule has 0 aliphatic rings. The van der Waals surface area contributed by atoms with Crippen molar-refractivity contribution in [3.63, 3.8) is 0 Å². The number of carbonyl (C=O) groups is 3. The highest BCUT2D eigenvalue weighted by Crippen LogP contribution is 2.13. The Balaban J connectivity index is 3.70. The Bertz CT molecular complexity index is 586. The molecular formula is C32H63N3O4. The Morgan fingerprint density at radius 2 is 1.10 bits per heavy atom. The summed E-state index contributed by atoms with van der Waals surface area (Å²) in [5.41, 5.74) is 0. The lowest BCUT2D eigenvalue weighted by molar-refractivity contribution is -0.123. The van der Waals surface area contributed by atoms with Gasteiger partial charge >= 0.3 is 0 Å². The number of hydrogen-bond acceptors (Lipinski definition) is 4. The first-order chi connectivity index (χ1) is 19.0. The van der Waals surface area contributed by atoms with E-state index in [9.17, 15) is 14.4 Å². The van der Waals surface area contributed by atoms with Crippen molar-refractivity contribution in [2.45, 2.75) is 161 Å². The minimum Gasteiger partial charge on any atom is -0.385 e. The Hall–Kier alpha value is -1.63. The van der Waals surface area contributed by atoms with Gasteiger partial charge in [-0.2, -0.15) is 0 Å². The summed E-state index contributed by atoms with van der Waals surface area (Å²) in [4.78, 5) is 35.9. The molecule has 0 spiro atoms. The molecule has 0 bridgehead atoms. The molecule has 1 atom stereocenters. The molecule has 3 amide bonds. The molecule has 1 unspecified atom stereocenters. The first-order valence-electron chi connectivity index (χ1n) is 16.3. The first kappa shape index (κ1) is 37.4. The Labute approximate surface area is 240 Å². The molecule has 0 aromatic rings. The number of methoxy groups -OCH3 is 1. The number of hydrogen-bond donors (Lipinski definition) is 3. The fourth-order valence-corrected chi connectivity index (χ4v) is 4.90. The number of ether oxygens (including phenoxy) is 1. The lowest BCUT2D eigenvalue weighted by atomic mass is 10.0. The number of amides is 3. The Kier molecular flexibility index (Phi) is 28.1. The van der Waals surface area contributed by atoms with Crippen molar-refractivity contribution in [1.82, 2.24) is 16.0 Å².